The molecule has 2 heteroatoms. The molecule has 0 saturated heterocycles. The number of furan rings is 1. The first kappa shape index (κ1) is 34.0. The highest BCUT2D eigenvalue weighted by Crippen LogP contribution is 2.63. The molecule has 1 aromatic heterocycles. The summed E-state index contributed by atoms with van der Waals surface area (Å²) in [5.74, 6) is 0. The second-order valence-corrected chi connectivity index (χ2v) is 16.3. The van der Waals surface area contributed by atoms with Crippen molar-refractivity contribution in [1.82, 2.24) is 0 Å². The molecule has 1 heterocycles. The molecule has 11 aromatic rings. The number of para-hydroxylation sites is 3. The van der Waals surface area contributed by atoms with Gasteiger partial charge in [0.2, 0.25) is 0 Å². The Morgan fingerprint density at radius 1 is 0.328 bits per heavy atom. The second-order valence-electron chi connectivity index (χ2n) is 16.3. The summed E-state index contributed by atoms with van der Waals surface area (Å²) in [4.78, 5) is 2.42. The summed E-state index contributed by atoms with van der Waals surface area (Å²) in [6.07, 6.45) is 0. The molecular formula is C59H37NO. The minimum Gasteiger partial charge on any atom is -0.455 e. The third-order valence-electron chi connectivity index (χ3n) is 13.3. The summed E-state index contributed by atoms with van der Waals surface area (Å²) in [7, 11) is 0. The van der Waals surface area contributed by atoms with E-state index in [4.69, 9.17) is 4.42 Å². The van der Waals surface area contributed by atoms with Gasteiger partial charge in [-0.1, -0.05) is 188 Å². The molecule has 0 saturated carbocycles. The normalized spacial score (nSPS) is 13.0. The van der Waals surface area contributed by atoms with Crippen molar-refractivity contribution in [3.05, 3.63) is 247 Å². The van der Waals surface area contributed by atoms with Crippen molar-refractivity contribution in [2.45, 2.75) is 5.41 Å². The lowest BCUT2D eigenvalue weighted by Crippen LogP contribution is -2.25. The van der Waals surface area contributed by atoms with E-state index in [1.54, 1.807) is 0 Å². The van der Waals surface area contributed by atoms with Crippen molar-refractivity contribution in [3.63, 3.8) is 0 Å². The molecular weight excluding hydrogens is 739 g/mol. The van der Waals surface area contributed by atoms with E-state index in [0.717, 1.165) is 50.1 Å². The predicted molar refractivity (Wildman–Crippen MR) is 253 cm³/mol. The Labute approximate surface area is 354 Å². The third-order valence-corrected chi connectivity index (χ3v) is 13.3. The van der Waals surface area contributed by atoms with E-state index < -0.39 is 0 Å². The molecule has 61 heavy (non-hydrogen) atoms. The lowest BCUT2D eigenvalue weighted by atomic mass is 9.70. The van der Waals surface area contributed by atoms with Crippen LogP contribution in [-0.4, -0.2) is 0 Å². The Morgan fingerprint density at radius 3 is 1.57 bits per heavy atom. The second kappa shape index (κ2) is 13.0. The molecule has 0 unspecified atom stereocenters. The summed E-state index contributed by atoms with van der Waals surface area (Å²) in [5.41, 5.74) is 19.9. The van der Waals surface area contributed by atoms with Gasteiger partial charge >= 0.3 is 0 Å². The van der Waals surface area contributed by atoms with Crippen LogP contribution in [0.25, 0.3) is 77.2 Å². The van der Waals surface area contributed by atoms with Gasteiger partial charge in [-0.05, 0) is 97.4 Å². The Kier molecular flexibility index (Phi) is 7.26. The van der Waals surface area contributed by atoms with E-state index in [2.05, 4.69) is 223 Å². The van der Waals surface area contributed by atoms with Gasteiger partial charge in [-0.25, -0.2) is 0 Å². The highest BCUT2D eigenvalue weighted by Gasteiger charge is 2.51. The van der Waals surface area contributed by atoms with Gasteiger partial charge in [0.05, 0.1) is 16.8 Å². The minimum absolute atomic E-state index is 0.382. The minimum atomic E-state index is -0.382. The molecule has 1 spiro atoms. The van der Waals surface area contributed by atoms with Crippen molar-refractivity contribution in [2.75, 3.05) is 4.90 Å². The van der Waals surface area contributed by atoms with Crippen LogP contribution in [0.15, 0.2) is 229 Å². The Bertz CT molecular complexity index is 3490. The van der Waals surface area contributed by atoms with Crippen molar-refractivity contribution < 1.29 is 4.42 Å². The predicted octanol–water partition coefficient (Wildman–Crippen LogP) is 15.9. The third kappa shape index (κ3) is 4.79. The number of fused-ring (bicyclic) bond motifs is 14. The van der Waals surface area contributed by atoms with Gasteiger partial charge < -0.3 is 9.32 Å². The van der Waals surface area contributed by atoms with E-state index in [-0.39, 0.29) is 5.41 Å². The lowest BCUT2D eigenvalue weighted by molar-refractivity contribution is 0.670. The first-order valence-electron chi connectivity index (χ1n) is 21.1. The summed E-state index contributed by atoms with van der Waals surface area (Å²) >= 11 is 0. The van der Waals surface area contributed by atoms with E-state index >= 15 is 0 Å². The zero-order valence-corrected chi connectivity index (χ0v) is 33.2. The van der Waals surface area contributed by atoms with Crippen LogP contribution in [0.3, 0.4) is 0 Å². The SMILES string of the molecule is c1ccc(N(c2ccc(-c3ccc4c(c3)C3(c5ccccc5-c5ccccc53)c3ccccc3-4)cc2)c2cccc3ccccc23)c(-c2cccc3c2oc2ccccc23)c1. The number of hydrogen-bond acceptors (Lipinski definition) is 2. The molecule has 2 aliphatic rings. The van der Waals surface area contributed by atoms with Crippen LogP contribution < -0.4 is 4.90 Å². The number of rotatable bonds is 5. The van der Waals surface area contributed by atoms with Gasteiger partial charge in [0.1, 0.15) is 11.2 Å². The van der Waals surface area contributed by atoms with Gasteiger partial charge in [0.15, 0.2) is 0 Å². The average molecular weight is 776 g/mol. The molecule has 13 rings (SSSR count). The molecule has 0 aliphatic heterocycles. The maximum Gasteiger partial charge on any atom is 0.143 e. The number of hydrogen-bond donors (Lipinski definition) is 0. The van der Waals surface area contributed by atoms with Gasteiger partial charge in [-0.3, -0.25) is 0 Å². The van der Waals surface area contributed by atoms with E-state index in [0.29, 0.717) is 0 Å². The maximum atomic E-state index is 6.63. The van der Waals surface area contributed by atoms with Gasteiger partial charge in [0.25, 0.3) is 0 Å². The van der Waals surface area contributed by atoms with Crippen LogP contribution >= 0.6 is 0 Å². The Morgan fingerprint density at radius 2 is 0.836 bits per heavy atom. The fraction of sp³-hybridized carbons (Fsp3) is 0.0169. The van der Waals surface area contributed by atoms with Crippen LogP contribution in [0.4, 0.5) is 17.1 Å². The average Bonchev–Trinajstić information content (AvgIpc) is 3.96. The quantitative estimate of drug-likeness (QED) is 0.173. The molecule has 0 radical (unpaired) electrons. The van der Waals surface area contributed by atoms with Gasteiger partial charge in [-0.2, -0.15) is 0 Å². The number of anilines is 3. The van der Waals surface area contributed by atoms with Gasteiger partial charge in [-0.15, -0.1) is 0 Å². The first-order chi connectivity index (χ1) is 30.3. The summed E-state index contributed by atoms with van der Waals surface area (Å²) in [5, 5.41) is 4.63. The van der Waals surface area contributed by atoms with Crippen LogP contribution in [0.1, 0.15) is 22.3 Å². The summed E-state index contributed by atoms with van der Waals surface area (Å²) in [6, 6.07) is 82.2. The van der Waals surface area contributed by atoms with Crippen molar-refractivity contribution in [1.29, 1.82) is 0 Å². The lowest BCUT2D eigenvalue weighted by Gasteiger charge is -2.31. The molecule has 0 atom stereocenters. The van der Waals surface area contributed by atoms with Crippen molar-refractivity contribution in [3.8, 4) is 44.5 Å². The molecule has 10 aromatic carbocycles. The largest absolute Gasteiger partial charge is 0.455 e. The maximum absolute atomic E-state index is 6.63. The zero-order chi connectivity index (χ0) is 40.1. The number of nitrogens with zero attached hydrogens (tertiary/aromatic N) is 1. The molecule has 0 fully saturated rings. The highest BCUT2D eigenvalue weighted by atomic mass is 16.3. The summed E-state index contributed by atoms with van der Waals surface area (Å²) < 4.78 is 6.63. The fourth-order valence-electron chi connectivity index (χ4n) is 10.7. The topological polar surface area (TPSA) is 16.4 Å². The smallest absolute Gasteiger partial charge is 0.143 e. The van der Waals surface area contributed by atoms with Gasteiger partial charge in [0, 0.05) is 33.0 Å². The Balaban J connectivity index is 0.985. The van der Waals surface area contributed by atoms with Crippen LogP contribution in [0, 0.1) is 0 Å². The van der Waals surface area contributed by atoms with Crippen LogP contribution in [0.5, 0.6) is 0 Å². The molecule has 0 N–H and O–H groups in total. The molecule has 2 nitrogen and oxygen atoms in total. The number of benzene rings is 10. The van der Waals surface area contributed by atoms with Crippen molar-refractivity contribution >= 4 is 49.8 Å². The zero-order valence-electron chi connectivity index (χ0n) is 33.2. The molecule has 0 bridgehead atoms. The molecule has 2 aliphatic carbocycles. The fourth-order valence-corrected chi connectivity index (χ4v) is 10.7. The van der Waals surface area contributed by atoms with Crippen LogP contribution in [0.2, 0.25) is 0 Å². The molecule has 284 valence electrons. The Hall–Kier alpha value is -7.94. The summed E-state index contributed by atoms with van der Waals surface area (Å²) in [6.45, 7) is 0. The van der Waals surface area contributed by atoms with Crippen molar-refractivity contribution in [2.24, 2.45) is 0 Å². The van der Waals surface area contributed by atoms with E-state index in [1.165, 1.54) is 66.4 Å². The van der Waals surface area contributed by atoms with E-state index in [1.807, 2.05) is 6.07 Å². The molecule has 0 amide bonds. The van der Waals surface area contributed by atoms with E-state index in [9.17, 15) is 0 Å². The monoisotopic (exact) mass is 775 g/mol. The highest BCUT2D eigenvalue weighted by molar-refractivity contribution is 6.11. The standard InChI is InChI=1S/C59H37NO/c1-2-17-42-39(15-1)16-13-29-55(42)60(56-28-11-6-21-47(56)49-23-14-24-50-48-22-7-12-30-57(48)61-58(49)50)41-34-31-38(32-35-41)40-33-36-46-45-20-5-10-27-53(45)59(54(46)37-40)51-25-8-3-18-43(51)44-19-4-9-26-52(44)59/h1-37H. The van der Waals surface area contributed by atoms with Crippen LogP contribution in [-0.2, 0) is 5.41 Å². The first-order valence-corrected chi connectivity index (χ1v) is 21.1.